The summed E-state index contributed by atoms with van der Waals surface area (Å²) >= 11 is 0. The maximum atomic E-state index is 4.78. The standard InChI is InChI=1S/C25H32N4/c1-5-29(6-2)18-17-26-25-22-9-7-8-10-23(22)27-24(28-25)16-13-20-11-14-21(15-12-20)19(3)4/h7-16,19H,5-6,17-18H2,1-4H3,(H,26,27,28)/b16-13+. The van der Waals surface area contributed by atoms with Crippen molar-refractivity contribution in [3.63, 3.8) is 0 Å². The molecule has 1 heterocycles. The zero-order valence-electron chi connectivity index (χ0n) is 18.0. The topological polar surface area (TPSA) is 41.0 Å². The first-order chi connectivity index (χ1) is 14.1. The molecule has 4 nitrogen and oxygen atoms in total. The molecule has 3 rings (SSSR count). The number of benzene rings is 2. The summed E-state index contributed by atoms with van der Waals surface area (Å²) in [5.41, 5.74) is 3.47. The third-order valence-corrected chi connectivity index (χ3v) is 5.26. The van der Waals surface area contributed by atoms with E-state index >= 15 is 0 Å². The zero-order chi connectivity index (χ0) is 20.6. The van der Waals surface area contributed by atoms with Crippen molar-refractivity contribution in [3.05, 3.63) is 65.5 Å². The van der Waals surface area contributed by atoms with Crippen LogP contribution < -0.4 is 5.32 Å². The maximum absolute atomic E-state index is 4.78. The van der Waals surface area contributed by atoms with Gasteiger partial charge in [-0.3, -0.25) is 0 Å². The van der Waals surface area contributed by atoms with E-state index in [0.29, 0.717) is 5.92 Å². The Labute approximate surface area is 174 Å². The van der Waals surface area contributed by atoms with Gasteiger partial charge in [-0.2, -0.15) is 0 Å². The van der Waals surface area contributed by atoms with Gasteiger partial charge >= 0.3 is 0 Å². The van der Waals surface area contributed by atoms with Crippen molar-refractivity contribution < 1.29 is 0 Å². The number of likely N-dealkylation sites (N-methyl/N-ethyl adjacent to an activating group) is 1. The molecule has 0 atom stereocenters. The van der Waals surface area contributed by atoms with Crippen molar-refractivity contribution in [2.45, 2.75) is 33.6 Å². The van der Waals surface area contributed by atoms with Gasteiger partial charge in [0.15, 0.2) is 5.82 Å². The highest BCUT2D eigenvalue weighted by atomic mass is 15.1. The lowest BCUT2D eigenvalue weighted by molar-refractivity contribution is 0.316. The molecule has 0 saturated heterocycles. The van der Waals surface area contributed by atoms with Crippen LogP contribution in [-0.4, -0.2) is 41.0 Å². The Kier molecular flexibility index (Phi) is 7.36. The molecule has 152 valence electrons. The van der Waals surface area contributed by atoms with Gasteiger partial charge in [-0.1, -0.05) is 70.2 Å². The van der Waals surface area contributed by atoms with Crippen LogP contribution in [-0.2, 0) is 0 Å². The van der Waals surface area contributed by atoms with Gasteiger partial charge in [0.1, 0.15) is 5.82 Å². The van der Waals surface area contributed by atoms with Crippen molar-refractivity contribution in [1.82, 2.24) is 14.9 Å². The van der Waals surface area contributed by atoms with Gasteiger partial charge in [0, 0.05) is 18.5 Å². The van der Waals surface area contributed by atoms with Gasteiger partial charge in [-0.15, -0.1) is 0 Å². The number of nitrogens with one attached hydrogen (secondary N) is 1. The molecule has 0 fully saturated rings. The lowest BCUT2D eigenvalue weighted by Gasteiger charge is -2.18. The van der Waals surface area contributed by atoms with Crippen molar-refractivity contribution in [1.29, 1.82) is 0 Å². The van der Waals surface area contributed by atoms with E-state index in [4.69, 9.17) is 9.97 Å². The molecule has 29 heavy (non-hydrogen) atoms. The number of aromatic nitrogens is 2. The number of rotatable bonds is 9. The van der Waals surface area contributed by atoms with Gasteiger partial charge in [0.2, 0.25) is 0 Å². The van der Waals surface area contributed by atoms with E-state index in [9.17, 15) is 0 Å². The van der Waals surface area contributed by atoms with E-state index in [0.717, 1.165) is 54.3 Å². The van der Waals surface area contributed by atoms with Crippen LogP contribution in [0.4, 0.5) is 5.82 Å². The summed E-state index contributed by atoms with van der Waals surface area (Å²) in [4.78, 5) is 11.9. The summed E-state index contributed by atoms with van der Waals surface area (Å²) < 4.78 is 0. The fourth-order valence-electron chi connectivity index (χ4n) is 3.34. The van der Waals surface area contributed by atoms with Crippen LogP contribution in [0.25, 0.3) is 23.1 Å². The Morgan fingerprint density at radius 2 is 1.66 bits per heavy atom. The van der Waals surface area contributed by atoms with Crippen LogP contribution in [0, 0.1) is 0 Å². The van der Waals surface area contributed by atoms with Crippen LogP contribution >= 0.6 is 0 Å². The number of fused-ring (bicyclic) bond motifs is 1. The minimum absolute atomic E-state index is 0.543. The van der Waals surface area contributed by atoms with Crippen molar-refractivity contribution in [2.75, 3.05) is 31.5 Å². The van der Waals surface area contributed by atoms with Crippen molar-refractivity contribution in [2.24, 2.45) is 0 Å². The Morgan fingerprint density at radius 3 is 2.34 bits per heavy atom. The molecular weight excluding hydrogens is 356 g/mol. The molecule has 0 amide bonds. The third kappa shape index (κ3) is 5.64. The molecular formula is C25H32N4. The predicted octanol–water partition coefficient (Wildman–Crippen LogP) is 5.68. The highest BCUT2D eigenvalue weighted by Crippen LogP contribution is 2.21. The van der Waals surface area contributed by atoms with Crippen LogP contribution in [0.5, 0.6) is 0 Å². The Balaban J connectivity index is 1.80. The smallest absolute Gasteiger partial charge is 0.154 e. The Hall–Kier alpha value is -2.72. The molecule has 4 heteroatoms. The molecule has 0 aliphatic carbocycles. The van der Waals surface area contributed by atoms with Crippen LogP contribution in [0.3, 0.4) is 0 Å². The number of nitrogens with zero attached hydrogens (tertiary/aromatic N) is 3. The van der Waals surface area contributed by atoms with Crippen molar-refractivity contribution in [3.8, 4) is 0 Å². The zero-order valence-corrected chi connectivity index (χ0v) is 18.0. The second-order valence-electron chi connectivity index (χ2n) is 7.56. The van der Waals surface area contributed by atoms with Gasteiger partial charge in [0.25, 0.3) is 0 Å². The summed E-state index contributed by atoms with van der Waals surface area (Å²) in [7, 11) is 0. The first-order valence-electron chi connectivity index (χ1n) is 10.6. The molecule has 0 radical (unpaired) electrons. The quantitative estimate of drug-likeness (QED) is 0.512. The maximum Gasteiger partial charge on any atom is 0.154 e. The molecule has 0 bridgehead atoms. The number of hydrogen-bond acceptors (Lipinski definition) is 4. The van der Waals surface area contributed by atoms with Crippen LogP contribution in [0.15, 0.2) is 48.5 Å². The Morgan fingerprint density at radius 1 is 0.931 bits per heavy atom. The molecule has 0 unspecified atom stereocenters. The van der Waals surface area contributed by atoms with Crippen LogP contribution in [0.2, 0.25) is 0 Å². The van der Waals surface area contributed by atoms with E-state index in [2.05, 4.69) is 74.3 Å². The van der Waals surface area contributed by atoms with Crippen LogP contribution in [0.1, 0.15) is 50.6 Å². The summed E-state index contributed by atoms with van der Waals surface area (Å²) in [6, 6.07) is 16.8. The third-order valence-electron chi connectivity index (χ3n) is 5.26. The fraction of sp³-hybridized carbons (Fsp3) is 0.360. The van der Waals surface area contributed by atoms with Gasteiger partial charge in [0.05, 0.1) is 5.52 Å². The van der Waals surface area contributed by atoms with E-state index in [1.807, 2.05) is 24.3 Å². The largest absolute Gasteiger partial charge is 0.368 e. The first-order valence-corrected chi connectivity index (χ1v) is 10.6. The molecule has 1 N–H and O–H groups in total. The second-order valence-corrected chi connectivity index (χ2v) is 7.56. The van der Waals surface area contributed by atoms with Gasteiger partial charge < -0.3 is 10.2 Å². The molecule has 0 aliphatic heterocycles. The minimum atomic E-state index is 0.543. The average molecular weight is 389 g/mol. The molecule has 0 aliphatic rings. The van der Waals surface area contributed by atoms with Crippen molar-refractivity contribution >= 4 is 28.9 Å². The van der Waals surface area contributed by atoms with E-state index in [1.54, 1.807) is 0 Å². The summed E-state index contributed by atoms with van der Waals surface area (Å²) in [5.74, 6) is 2.17. The summed E-state index contributed by atoms with van der Waals surface area (Å²) in [6.07, 6.45) is 4.07. The van der Waals surface area contributed by atoms with Gasteiger partial charge in [-0.25, -0.2) is 9.97 Å². The molecule has 2 aromatic carbocycles. The lowest BCUT2D eigenvalue weighted by Crippen LogP contribution is -2.28. The van der Waals surface area contributed by atoms with E-state index in [-0.39, 0.29) is 0 Å². The first kappa shape index (κ1) is 21.0. The highest BCUT2D eigenvalue weighted by Gasteiger charge is 2.07. The van der Waals surface area contributed by atoms with E-state index < -0.39 is 0 Å². The summed E-state index contributed by atoms with van der Waals surface area (Å²) in [5, 5.41) is 4.58. The highest BCUT2D eigenvalue weighted by molar-refractivity contribution is 5.90. The molecule has 1 aromatic heterocycles. The monoisotopic (exact) mass is 388 g/mol. The normalized spacial score (nSPS) is 11.8. The molecule has 3 aromatic rings. The average Bonchev–Trinajstić information content (AvgIpc) is 2.75. The fourth-order valence-corrected chi connectivity index (χ4v) is 3.34. The number of hydrogen-bond donors (Lipinski definition) is 1. The van der Waals surface area contributed by atoms with Gasteiger partial charge in [-0.05, 0) is 48.3 Å². The summed E-state index contributed by atoms with van der Waals surface area (Å²) in [6.45, 7) is 12.8. The lowest BCUT2D eigenvalue weighted by atomic mass is 10.0. The van der Waals surface area contributed by atoms with E-state index in [1.165, 1.54) is 5.56 Å². The number of para-hydroxylation sites is 1. The molecule has 0 spiro atoms. The number of anilines is 1. The minimum Gasteiger partial charge on any atom is -0.368 e. The second kappa shape index (κ2) is 10.2. The predicted molar refractivity (Wildman–Crippen MR) is 125 cm³/mol. The SMILES string of the molecule is CCN(CC)CCNc1nc(/C=C/c2ccc(C(C)C)cc2)nc2ccccc12. The molecule has 0 saturated carbocycles. The Bertz CT molecular complexity index is 941.